The molecule has 3 atom stereocenters. The van der Waals surface area contributed by atoms with Crippen molar-refractivity contribution >= 4 is 87.3 Å². The molecule has 4 aromatic rings. The second-order valence-electron chi connectivity index (χ2n) is 12.0. The van der Waals surface area contributed by atoms with Crippen LogP contribution in [0.3, 0.4) is 0 Å². The smallest absolute Gasteiger partial charge is 1.00 e. The summed E-state index contributed by atoms with van der Waals surface area (Å²) in [6.07, 6.45) is 2.00. The van der Waals surface area contributed by atoms with Crippen LogP contribution < -0.4 is 18.1 Å². The first-order chi connectivity index (χ1) is 21.8. The van der Waals surface area contributed by atoms with E-state index in [1.807, 2.05) is 89.6 Å². The summed E-state index contributed by atoms with van der Waals surface area (Å²) >= 11 is 7.01. The molecule has 0 amide bonds. The van der Waals surface area contributed by atoms with Crippen LogP contribution in [0.1, 0.15) is 81.8 Å². The monoisotopic (exact) mass is 852 g/mol. The van der Waals surface area contributed by atoms with E-state index in [0.717, 1.165) is 20.1 Å². The molecule has 11 heteroatoms. The number of hydrogen-bond donors (Lipinski definition) is 1. The van der Waals surface area contributed by atoms with Gasteiger partial charge in [-0.25, -0.2) is 4.21 Å². The summed E-state index contributed by atoms with van der Waals surface area (Å²) in [6.45, 7) is 14.0. The first kappa shape index (κ1) is 47.1. The Balaban J connectivity index is 0.000000828. The molecule has 0 fully saturated rings. The standard InChI is InChI=1S/C18H17BrN2OS.C17H17BrN2.C3H7.ClH.Mg.H3P/c1-18(2,3)23(22)21-17(13-8-6-9-15(19)11-13)16-10-5-4-7-14(16)12-20;1-11(2)17(12-6-5-7-13(18)10-12)15-9-4-3-8-14(15)16(19)20-17;1-3-2;;;/h4-11H,1-3H3;3-11H,1-2H3,(H2,19,20);3H,1-2H3;1H;;1H3/q;;-1;;+2;/p-1. The Kier molecular flexibility index (Phi) is 20.6. The van der Waals surface area contributed by atoms with Gasteiger partial charge in [0.05, 0.1) is 22.1 Å². The van der Waals surface area contributed by atoms with E-state index in [-0.39, 0.29) is 50.9 Å². The maximum absolute atomic E-state index is 12.5. The minimum absolute atomic E-state index is 0. The van der Waals surface area contributed by atoms with Crippen molar-refractivity contribution in [1.29, 1.82) is 5.26 Å². The van der Waals surface area contributed by atoms with Gasteiger partial charge in [-0.15, -0.1) is 0 Å². The predicted octanol–water partition coefficient (Wildman–Crippen LogP) is 6.60. The maximum atomic E-state index is 12.5. The molecule has 256 valence electrons. The second kappa shape index (κ2) is 21.5. The number of nitrogens with two attached hydrogens (primary N) is 1. The maximum Gasteiger partial charge on any atom is 2.00 e. The molecule has 1 aliphatic heterocycles. The van der Waals surface area contributed by atoms with E-state index in [1.165, 1.54) is 11.1 Å². The third-order valence-corrected chi connectivity index (χ3v) is 9.49. The summed E-state index contributed by atoms with van der Waals surface area (Å²) in [4.78, 5) is 4.87. The number of halogens is 3. The molecule has 0 aliphatic carbocycles. The van der Waals surface area contributed by atoms with Crippen LogP contribution in [0.2, 0.25) is 0 Å². The molecule has 5 nitrogen and oxygen atoms in total. The molecule has 0 aromatic heterocycles. The number of amidine groups is 1. The van der Waals surface area contributed by atoms with Crippen LogP contribution in [0.25, 0.3) is 0 Å². The van der Waals surface area contributed by atoms with Crippen molar-refractivity contribution in [3.05, 3.63) is 146 Å². The van der Waals surface area contributed by atoms with Gasteiger partial charge in [-0.2, -0.15) is 33.4 Å². The Labute approximate surface area is 338 Å². The van der Waals surface area contributed by atoms with Crippen molar-refractivity contribution in [2.45, 2.75) is 58.8 Å². The Bertz CT molecular complexity index is 1810. The zero-order chi connectivity index (χ0) is 34.1. The number of nitrogens with zero attached hydrogens (tertiary/aromatic N) is 3. The molecule has 0 radical (unpaired) electrons. The van der Waals surface area contributed by atoms with Crippen LogP contribution in [0, 0.1) is 23.7 Å². The molecule has 0 bridgehead atoms. The average Bonchev–Trinajstić information content (AvgIpc) is 3.33. The zero-order valence-electron chi connectivity index (χ0n) is 29.2. The van der Waals surface area contributed by atoms with Crippen molar-refractivity contribution in [2.24, 2.45) is 21.0 Å². The van der Waals surface area contributed by atoms with Gasteiger partial charge in [-0.05, 0) is 68.1 Å². The van der Waals surface area contributed by atoms with Crippen LogP contribution in [0.5, 0.6) is 0 Å². The number of hydrogen-bond acceptors (Lipinski definition) is 4. The fraction of sp³-hybridized carbons (Fsp3) is 0.263. The minimum atomic E-state index is -1.42. The van der Waals surface area contributed by atoms with Gasteiger partial charge in [-0.3, -0.25) is 4.99 Å². The Morgan fingerprint density at radius 1 is 0.939 bits per heavy atom. The topological polar surface area (TPSA) is 91.6 Å². The Hall–Kier alpha value is -1.89. The molecule has 1 aliphatic rings. The largest absolute Gasteiger partial charge is 2.00 e. The summed E-state index contributed by atoms with van der Waals surface area (Å²) in [6, 6.07) is 33.6. The molecule has 2 N–H and O–H groups in total. The van der Waals surface area contributed by atoms with Crippen molar-refractivity contribution < 1.29 is 16.6 Å². The van der Waals surface area contributed by atoms with E-state index in [4.69, 9.17) is 10.7 Å². The first-order valence-electron chi connectivity index (χ1n) is 15.0. The Morgan fingerprint density at radius 2 is 1.49 bits per heavy atom. The number of aliphatic imine (C=N–C) groups is 1. The molecular formula is C38H44Br2ClMgN4OPS. The quantitative estimate of drug-likeness (QED) is 0.106. The molecule has 5 rings (SSSR count). The van der Waals surface area contributed by atoms with Gasteiger partial charge in [0.1, 0.15) is 22.4 Å². The third kappa shape index (κ3) is 11.8. The van der Waals surface area contributed by atoms with E-state index in [2.05, 4.69) is 92.6 Å². The third-order valence-electron chi connectivity index (χ3n) is 7.11. The van der Waals surface area contributed by atoms with Gasteiger partial charge >= 0.3 is 23.1 Å². The van der Waals surface area contributed by atoms with Crippen LogP contribution >= 0.6 is 41.8 Å². The van der Waals surface area contributed by atoms with E-state index < -0.39 is 15.7 Å². The van der Waals surface area contributed by atoms with Gasteiger partial charge in [0.2, 0.25) is 0 Å². The predicted molar refractivity (Wildman–Crippen MR) is 218 cm³/mol. The number of rotatable bonds is 5. The van der Waals surface area contributed by atoms with Crippen LogP contribution in [-0.2, 0) is 16.5 Å². The van der Waals surface area contributed by atoms with Crippen LogP contribution in [0.4, 0.5) is 0 Å². The van der Waals surface area contributed by atoms with E-state index in [0.29, 0.717) is 28.6 Å². The molecular weight excluding hydrogens is 811 g/mol. The van der Waals surface area contributed by atoms with Gasteiger partial charge in [0.25, 0.3) is 0 Å². The Morgan fingerprint density at radius 3 is 2.04 bits per heavy atom. The van der Waals surface area contributed by atoms with Gasteiger partial charge in [-0.1, -0.05) is 112 Å². The summed E-state index contributed by atoms with van der Waals surface area (Å²) in [5.41, 5.74) is 11.8. The molecule has 3 unspecified atom stereocenters. The van der Waals surface area contributed by atoms with Gasteiger partial charge < -0.3 is 24.6 Å². The summed E-state index contributed by atoms with van der Waals surface area (Å²) in [5, 5.41) is 9.37. The van der Waals surface area contributed by atoms with Crippen molar-refractivity contribution in [2.75, 3.05) is 0 Å². The molecule has 0 saturated carbocycles. The van der Waals surface area contributed by atoms with Gasteiger partial charge in [0, 0.05) is 25.6 Å². The second-order valence-corrected chi connectivity index (χ2v) is 15.8. The molecule has 4 aromatic carbocycles. The fourth-order valence-corrected chi connectivity index (χ4v) is 6.41. The minimum Gasteiger partial charge on any atom is -1.00 e. The summed E-state index contributed by atoms with van der Waals surface area (Å²) in [7, 11) is -1.42. The van der Waals surface area contributed by atoms with Gasteiger partial charge in [0.15, 0.2) is 0 Å². The van der Waals surface area contributed by atoms with E-state index in [9.17, 15) is 9.47 Å². The summed E-state index contributed by atoms with van der Waals surface area (Å²) < 4.78 is 18.5. The first-order valence-corrected chi connectivity index (χ1v) is 17.7. The number of nitriles is 1. The van der Waals surface area contributed by atoms with E-state index in [1.54, 1.807) is 12.1 Å². The van der Waals surface area contributed by atoms with Crippen LogP contribution in [0.15, 0.2) is 115 Å². The number of benzene rings is 4. The zero-order valence-corrected chi connectivity index (χ0v) is 36.7. The molecule has 1 heterocycles. The summed E-state index contributed by atoms with van der Waals surface area (Å²) in [5.74, 6) is 0.952. The molecule has 0 spiro atoms. The number of fused-ring (bicyclic) bond motifs is 1. The SMILES string of the molecule is CC(C)(C)S(=O)N=C(c1cccc(Br)c1)c1ccccc1C#N.CC(C)C1(c2cccc(Br)c2)N=C(N)c2ccccc21.C[CH-]C.P.[Cl-].[Mg+2]. The van der Waals surface area contributed by atoms with Crippen molar-refractivity contribution in [1.82, 2.24) is 0 Å². The van der Waals surface area contributed by atoms with Crippen molar-refractivity contribution in [3.63, 3.8) is 0 Å². The normalized spacial score (nSPS) is 15.2. The van der Waals surface area contributed by atoms with Crippen molar-refractivity contribution in [3.8, 4) is 6.07 Å². The van der Waals surface area contributed by atoms with Crippen LogP contribution in [-0.4, -0.2) is 43.6 Å². The fourth-order valence-electron chi connectivity index (χ4n) is 4.97. The molecule has 49 heavy (non-hydrogen) atoms. The van der Waals surface area contributed by atoms with E-state index >= 15 is 0 Å². The molecule has 0 saturated heterocycles. The average molecular weight is 855 g/mol.